The molecule has 2 N–H and O–H groups in total. The van der Waals surface area contributed by atoms with Crippen molar-refractivity contribution in [2.75, 3.05) is 7.11 Å². The minimum atomic E-state index is 0.0917. The first-order chi connectivity index (χ1) is 12.1. The molecule has 0 atom stereocenters. The predicted octanol–water partition coefficient (Wildman–Crippen LogP) is 4.84. The van der Waals surface area contributed by atoms with Gasteiger partial charge in [-0.3, -0.25) is 5.10 Å². The van der Waals surface area contributed by atoms with Crippen molar-refractivity contribution in [1.29, 1.82) is 0 Å². The summed E-state index contributed by atoms with van der Waals surface area (Å²) in [4.78, 5) is 0. The van der Waals surface area contributed by atoms with E-state index in [-0.39, 0.29) is 5.75 Å². The van der Waals surface area contributed by atoms with Crippen LogP contribution in [0.3, 0.4) is 0 Å². The van der Waals surface area contributed by atoms with Crippen LogP contribution in [0.4, 0.5) is 0 Å². The molecule has 0 saturated carbocycles. The number of H-pyrrole nitrogens is 1. The van der Waals surface area contributed by atoms with Crippen LogP contribution in [-0.4, -0.2) is 22.4 Å². The molecule has 1 heterocycles. The number of methoxy groups -OCH3 is 1. The highest BCUT2D eigenvalue weighted by Gasteiger charge is 2.18. The van der Waals surface area contributed by atoms with Gasteiger partial charge in [0, 0.05) is 11.6 Å². The van der Waals surface area contributed by atoms with E-state index in [1.165, 1.54) is 5.56 Å². The van der Waals surface area contributed by atoms with Crippen molar-refractivity contribution < 1.29 is 14.6 Å². The van der Waals surface area contributed by atoms with Crippen molar-refractivity contribution in [2.24, 2.45) is 0 Å². The number of aromatic amines is 1. The molecule has 0 saturated heterocycles. The van der Waals surface area contributed by atoms with E-state index in [9.17, 15) is 5.11 Å². The lowest BCUT2D eigenvalue weighted by Crippen LogP contribution is -1.90. The zero-order valence-electron chi connectivity index (χ0n) is 14.7. The Morgan fingerprint density at radius 3 is 2.44 bits per heavy atom. The smallest absolute Gasteiger partial charge is 0.176 e. The minimum Gasteiger partial charge on any atom is -0.507 e. The van der Waals surface area contributed by atoms with Crippen molar-refractivity contribution in [3.05, 3.63) is 53.7 Å². The van der Waals surface area contributed by atoms with Gasteiger partial charge in [0.05, 0.1) is 12.8 Å². The van der Waals surface area contributed by atoms with E-state index in [4.69, 9.17) is 9.47 Å². The Morgan fingerprint density at radius 1 is 1.08 bits per heavy atom. The van der Waals surface area contributed by atoms with Crippen LogP contribution in [0.1, 0.15) is 24.6 Å². The maximum absolute atomic E-state index is 10.3. The Labute approximate surface area is 147 Å². The normalized spacial score (nSPS) is 10.7. The van der Waals surface area contributed by atoms with Crippen LogP contribution in [0.25, 0.3) is 11.3 Å². The molecule has 0 aliphatic rings. The van der Waals surface area contributed by atoms with Crippen LogP contribution in [0, 0.1) is 6.92 Å². The van der Waals surface area contributed by atoms with E-state index < -0.39 is 0 Å². The average Bonchev–Trinajstić information content (AvgIpc) is 2.97. The van der Waals surface area contributed by atoms with Gasteiger partial charge >= 0.3 is 0 Å². The highest BCUT2D eigenvalue weighted by Crippen LogP contribution is 2.39. The zero-order chi connectivity index (χ0) is 17.8. The number of rotatable bonds is 6. The van der Waals surface area contributed by atoms with Crippen LogP contribution in [-0.2, 0) is 6.42 Å². The minimum absolute atomic E-state index is 0.0917. The maximum atomic E-state index is 10.3. The lowest BCUT2D eigenvalue weighted by atomic mass is 10.1. The van der Waals surface area contributed by atoms with Gasteiger partial charge in [-0.15, -0.1) is 0 Å². The Hall–Kier alpha value is -2.95. The molecule has 0 amide bonds. The van der Waals surface area contributed by atoms with Crippen LogP contribution in [0.2, 0.25) is 0 Å². The molecular weight excluding hydrogens is 316 g/mol. The monoisotopic (exact) mass is 338 g/mol. The number of benzene rings is 2. The quantitative estimate of drug-likeness (QED) is 0.674. The van der Waals surface area contributed by atoms with Crippen molar-refractivity contribution >= 4 is 0 Å². The van der Waals surface area contributed by atoms with E-state index in [1.807, 2.05) is 19.1 Å². The Balaban J connectivity index is 1.92. The molecule has 0 radical (unpaired) electrons. The van der Waals surface area contributed by atoms with Gasteiger partial charge in [0.2, 0.25) is 0 Å². The highest BCUT2D eigenvalue weighted by atomic mass is 16.5. The summed E-state index contributed by atoms with van der Waals surface area (Å²) in [6.45, 7) is 4.05. The largest absolute Gasteiger partial charge is 0.507 e. The fraction of sp³-hybridized carbons (Fsp3) is 0.250. The lowest BCUT2D eigenvalue weighted by molar-refractivity contribution is 0.408. The van der Waals surface area contributed by atoms with Gasteiger partial charge in [0.1, 0.15) is 22.9 Å². The summed E-state index contributed by atoms with van der Waals surface area (Å²) in [5.74, 6) is 2.01. The number of nitrogens with one attached hydrogen (secondary N) is 1. The van der Waals surface area contributed by atoms with E-state index in [0.29, 0.717) is 22.8 Å². The van der Waals surface area contributed by atoms with E-state index in [2.05, 4.69) is 29.3 Å². The molecule has 0 aliphatic carbocycles. The van der Waals surface area contributed by atoms with E-state index in [0.717, 1.165) is 24.3 Å². The first kappa shape index (κ1) is 16.9. The molecule has 25 heavy (non-hydrogen) atoms. The number of aromatic nitrogens is 2. The molecule has 130 valence electrons. The van der Waals surface area contributed by atoms with Crippen LogP contribution in [0.15, 0.2) is 42.5 Å². The number of aromatic hydroxyl groups is 1. The first-order valence-electron chi connectivity index (χ1n) is 8.31. The third kappa shape index (κ3) is 3.60. The van der Waals surface area contributed by atoms with E-state index >= 15 is 0 Å². The van der Waals surface area contributed by atoms with Crippen molar-refractivity contribution in [3.63, 3.8) is 0 Å². The summed E-state index contributed by atoms with van der Waals surface area (Å²) in [6.07, 6.45) is 2.16. The molecule has 0 aliphatic heterocycles. The SMILES string of the molecule is CCCc1ccc(Oc2c(-c3ccc(OC)cc3O)n[nH]c2C)cc1. The van der Waals surface area contributed by atoms with Gasteiger partial charge in [0.15, 0.2) is 5.75 Å². The van der Waals surface area contributed by atoms with Crippen LogP contribution in [0.5, 0.6) is 23.0 Å². The molecule has 3 aromatic rings. The standard InChI is InChI=1S/C20H22N2O3/c1-4-5-14-6-8-15(9-7-14)25-20-13(2)21-22-19(20)17-11-10-16(24-3)12-18(17)23/h6-12,23H,4-5H2,1-3H3,(H,21,22). The Bertz CT molecular complexity index is 854. The number of hydrogen-bond acceptors (Lipinski definition) is 4. The highest BCUT2D eigenvalue weighted by molar-refractivity contribution is 5.74. The molecule has 0 fully saturated rings. The average molecular weight is 338 g/mol. The van der Waals surface area contributed by atoms with Gasteiger partial charge < -0.3 is 14.6 Å². The molecule has 5 heteroatoms. The molecular formula is C20H22N2O3. The number of ether oxygens (including phenoxy) is 2. The second-order valence-corrected chi connectivity index (χ2v) is 5.91. The number of phenols is 1. The topological polar surface area (TPSA) is 67.4 Å². The molecule has 3 rings (SSSR count). The first-order valence-corrected chi connectivity index (χ1v) is 8.31. The lowest BCUT2D eigenvalue weighted by Gasteiger charge is -2.10. The fourth-order valence-corrected chi connectivity index (χ4v) is 2.70. The number of phenolic OH excluding ortho intramolecular Hbond substituents is 1. The van der Waals surface area contributed by atoms with Gasteiger partial charge in [-0.05, 0) is 43.2 Å². The summed E-state index contributed by atoms with van der Waals surface area (Å²) in [5.41, 5.74) is 3.23. The van der Waals surface area contributed by atoms with Crippen molar-refractivity contribution in [1.82, 2.24) is 10.2 Å². The van der Waals surface area contributed by atoms with Crippen molar-refractivity contribution in [3.8, 4) is 34.3 Å². The molecule has 0 unspecified atom stereocenters. The third-order valence-electron chi connectivity index (χ3n) is 4.03. The van der Waals surface area contributed by atoms with Gasteiger partial charge in [-0.2, -0.15) is 5.10 Å². The number of hydrogen-bond donors (Lipinski definition) is 2. The zero-order valence-corrected chi connectivity index (χ0v) is 14.7. The molecule has 0 bridgehead atoms. The van der Waals surface area contributed by atoms with Crippen molar-refractivity contribution in [2.45, 2.75) is 26.7 Å². The fourth-order valence-electron chi connectivity index (χ4n) is 2.70. The summed E-state index contributed by atoms with van der Waals surface area (Å²) < 4.78 is 11.2. The summed E-state index contributed by atoms with van der Waals surface area (Å²) >= 11 is 0. The van der Waals surface area contributed by atoms with Gasteiger partial charge in [0.25, 0.3) is 0 Å². The third-order valence-corrected chi connectivity index (χ3v) is 4.03. The summed E-state index contributed by atoms with van der Waals surface area (Å²) in [7, 11) is 1.56. The second kappa shape index (κ2) is 7.30. The second-order valence-electron chi connectivity index (χ2n) is 5.91. The Kier molecular flexibility index (Phi) is 4.93. The summed E-state index contributed by atoms with van der Waals surface area (Å²) in [6, 6.07) is 13.1. The van der Waals surface area contributed by atoms with Gasteiger partial charge in [-0.25, -0.2) is 0 Å². The molecule has 2 aromatic carbocycles. The van der Waals surface area contributed by atoms with Gasteiger partial charge in [-0.1, -0.05) is 25.5 Å². The molecule has 5 nitrogen and oxygen atoms in total. The van der Waals surface area contributed by atoms with Crippen LogP contribution >= 0.6 is 0 Å². The summed E-state index contributed by atoms with van der Waals surface area (Å²) in [5, 5.41) is 17.5. The predicted molar refractivity (Wildman–Crippen MR) is 97.5 cm³/mol. The Morgan fingerprint density at radius 2 is 1.80 bits per heavy atom. The molecule has 0 spiro atoms. The van der Waals surface area contributed by atoms with Crippen LogP contribution < -0.4 is 9.47 Å². The maximum Gasteiger partial charge on any atom is 0.176 e. The number of aryl methyl sites for hydroxylation is 2. The molecule has 1 aromatic heterocycles. The van der Waals surface area contributed by atoms with E-state index in [1.54, 1.807) is 25.3 Å². The number of nitrogens with zero attached hydrogens (tertiary/aromatic N) is 1.